The van der Waals surface area contributed by atoms with Gasteiger partial charge in [-0.25, -0.2) is 9.80 Å². The first kappa shape index (κ1) is 33.9. The van der Waals surface area contributed by atoms with Crippen LogP contribution in [0.15, 0.2) is 109 Å². The first-order chi connectivity index (χ1) is 25.1. The summed E-state index contributed by atoms with van der Waals surface area (Å²) in [6.45, 7) is 1.85. The molecule has 52 heavy (non-hydrogen) atoms. The molecule has 4 aliphatic rings. The molecule has 0 radical (unpaired) electrons. The van der Waals surface area contributed by atoms with Crippen LogP contribution < -0.4 is 14.5 Å². The third kappa shape index (κ3) is 5.03. The monoisotopic (exact) mass is 732 g/mol. The number of phenols is 1. The molecule has 4 aromatic rings. The number of rotatable bonds is 6. The second kappa shape index (κ2) is 12.8. The summed E-state index contributed by atoms with van der Waals surface area (Å²) in [6, 6.07) is 26.1. The number of halogens is 2. The maximum Gasteiger partial charge on any atom is 0.246 e. The summed E-state index contributed by atoms with van der Waals surface area (Å²) in [7, 11) is 1.47. The summed E-state index contributed by atoms with van der Waals surface area (Å²) in [5.41, 5.74) is 2.42. The van der Waals surface area contributed by atoms with E-state index >= 15 is 4.79 Å². The minimum Gasteiger partial charge on any atom is -0.504 e. The predicted molar refractivity (Wildman–Crippen MR) is 199 cm³/mol. The van der Waals surface area contributed by atoms with E-state index in [0.29, 0.717) is 39.0 Å². The largest absolute Gasteiger partial charge is 0.504 e. The lowest BCUT2D eigenvalue weighted by Crippen LogP contribution is -2.54. The number of benzene rings is 4. The fourth-order valence-corrected chi connectivity index (χ4v) is 9.33. The lowest BCUT2D eigenvalue weighted by Gasteiger charge is -2.49. The third-order valence-electron chi connectivity index (χ3n) is 11.3. The maximum atomic E-state index is 15.3. The molecule has 0 unspecified atom stereocenters. The van der Waals surface area contributed by atoms with Gasteiger partial charge in [-0.3, -0.25) is 19.2 Å². The van der Waals surface area contributed by atoms with Crippen LogP contribution in [0, 0.1) is 36.5 Å². The number of methoxy groups -OCH3 is 1. The summed E-state index contributed by atoms with van der Waals surface area (Å²) in [5.74, 6) is -4.61. The Bertz CT molecular complexity index is 2230. The maximum absolute atomic E-state index is 15.3. The topological polar surface area (TPSA) is 104 Å². The van der Waals surface area contributed by atoms with Crippen molar-refractivity contribution in [2.75, 3.05) is 16.9 Å². The van der Waals surface area contributed by atoms with Gasteiger partial charge in [-0.2, -0.15) is 0 Å². The fraction of sp³-hybridized carbons (Fsp3) is 0.238. The molecule has 3 fully saturated rings. The Morgan fingerprint density at radius 1 is 0.827 bits per heavy atom. The first-order valence-electron chi connectivity index (χ1n) is 17.1. The molecular weight excluding hydrogens is 699 g/mol. The molecule has 8 nitrogen and oxygen atoms in total. The number of aromatic hydroxyl groups is 1. The Morgan fingerprint density at radius 2 is 1.60 bits per heavy atom. The van der Waals surface area contributed by atoms with E-state index in [1.165, 1.54) is 23.0 Å². The van der Waals surface area contributed by atoms with Crippen molar-refractivity contribution in [2.45, 2.75) is 25.2 Å². The number of anilines is 2. The van der Waals surface area contributed by atoms with E-state index in [1.54, 1.807) is 54.6 Å². The molecule has 6 atom stereocenters. The van der Waals surface area contributed by atoms with E-state index < -0.39 is 35.0 Å². The highest BCUT2D eigenvalue weighted by Crippen LogP contribution is 2.62. The fourth-order valence-electron chi connectivity index (χ4n) is 8.97. The van der Waals surface area contributed by atoms with E-state index in [-0.39, 0.29) is 41.5 Å². The van der Waals surface area contributed by atoms with E-state index in [4.69, 9.17) is 27.9 Å². The van der Waals surface area contributed by atoms with Crippen LogP contribution in [0.4, 0.5) is 11.4 Å². The van der Waals surface area contributed by atoms with Gasteiger partial charge in [-0.15, -0.1) is 0 Å². The van der Waals surface area contributed by atoms with E-state index in [2.05, 4.69) is 0 Å². The summed E-state index contributed by atoms with van der Waals surface area (Å²) in [6.07, 6.45) is 6.27. The quantitative estimate of drug-likeness (QED) is 0.160. The highest BCUT2D eigenvalue weighted by molar-refractivity contribution is 6.33. The van der Waals surface area contributed by atoms with Gasteiger partial charge in [-0.05, 0) is 84.8 Å². The smallest absolute Gasteiger partial charge is 0.246 e. The first-order valence-corrected chi connectivity index (χ1v) is 17.9. The molecular formula is C42H34Cl2N2O6. The van der Waals surface area contributed by atoms with Crippen LogP contribution in [-0.2, 0) is 24.6 Å². The molecule has 2 aliphatic heterocycles. The number of hydrogen-bond donors (Lipinski definition) is 1. The van der Waals surface area contributed by atoms with Gasteiger partial charge in [0.1, 0.15) is 0 Å². The normalized spacial score (nSPS) is 26.8. The number of carbonyl (C=O) groups is 4. The molecule has 4 aromatic carbocycles. The van der Waals surface area contributed by atoms with Gasteiger partial charge in [0.15, 0.2) is 11.5 Å². The number of ether oxygens (including phenoxy) is 1. The minimum absolute atomic E-state index is 0.0169. The lowest BCUT2D eigenvalue weighted by molar-refractivity contribution is -0.128. The molecule has 8 rings (SSSR count). The van der Waals surface area contributed by atoms with E-state index in [9.17, 15) is 19.5 Å². The highest BCUT2D eigenvalue weighted by atomic mass is 35.5. The van der Waals surface area contributed by atoms with Crippen molar-refractivity contribution in [3.8, 4) is 11.5 Å². The van der Waals surface area contributed by atoms with Crippen molar-refractivity contribution in [3.05, 3.63) is 135 Å². The molecule has 0 aromatic heterocycles. The minimum atomic E-state index is -1.39. The van der Waals surface area contributed by atoms with Crippen LogP contribution in [-0.4, -0.2) is 35.8 Å². The number of carbonyl (C=O) groups excluding carboxylic acids is 4. The van der Waals surface area contributed by atoms with E-state index in [0.717, 1.165) is 11.1 Å². The number of allylic oxidation sites excluding steroid dienone is 3. The Hall–Kier alpha value is -5.18. The predicted octanol–water partition coefficient (Wildman–Crippen LogP) is 7.93. The average Bonchev–Trinajstić information content (AvgIpc) is 3.53. The molecule has 1 N–H and O–H groups in total. The molecule has 10 heteroatoms. The Kier molecular flexibility index (Phi) is 8.35. The van der Waals surface area contributed by atoms with Crippen LogP contribution in [0.3, 0.4) is 0 Å². The van der Waals surface area contributed by atoms with Gasteiger partial charge in [0.2, 0.25) is 23.6 Å². The van der Waals surface area contributed by atoms with Crippen molar-refractivity contribution in [1.29, 1.82) is 0 Å². The molecule has 2 saturated heterocycles. The van der Waals surface area contributed by atoms with Crippen LogP contribution in [0.5, 0.6) is 11.5 Å². The molecule has 2 aliphatic carbocycles. The third-order valence-corrected chi connectivity index (χ3v) is 12.0. The van der Waals surface area contributed by atoms with Crippen LogP contribution >= 0.6 is 23.2 Å². The van der Waals surface area contributed by atoms with Gasteiger partial charge < -0.3 is 9.84 Å². The van der Waals surface area contributed by atoms with Crippen molar-refractivity contribution >= 4 is 64.3 Å². The van der Waals surface area contributed by atoms with Gasteiger partial charge in [-0.1, -0.05) is 95.5 Å². The van der Waals surface area contributed by atoms with E-state index in [1.807, 2.05) is 55.5 Å². The average molecular weight is 734 g/mol. The summed E-state index contributed by atoms with van der Waals surface area (Å²) >= 11 is 12.8. The molecule has 4 amide bonds. The number of aryl methyl sites for hydroxylation is 1. The van der Waals surface area contributed by atoms with Gasteiger partial charge >= 0.3 is 0 Å². The zero-order chi connectivity index (χ0) is 36.5. The Morgan fingerprint density at radius 3 is 2.33 bits per heavy atom. The molecule has 0 bridgehead atoms. The molecule has 262 valence electrons. The molecule has 0 spiro atoms. The summed E-state index contributed by atoms with van der Waals surface area (Å²) < 4.78 is 5.36. The van der Waals surface area contributed by atoms with Crippen molar-refractivity contribution < 1.29 is 29.0 Å². The van der Waals surface area contributed by atoms with Crippen LogP contribution in [0.1, 0.15) is 29.5 Å². The summed E-state index contributed by atoms with van der Waals surface area (Å²) in [5, 5.41) is 11.1. The number of phenolic OH excluding ortho intramolecular Hbond substituents is 1. The molecule has 1 saturated carbocycles. The van der Waals surface area contributed by atoms with Gasteiger partial charge in [0.25, 0.3) is 0 Å². The highest BCUT2D eigenvalue weighted by Gasteiger charge is 2.69. The Balaban J connectivity index is 1.31. The van der Waals surface area contributed by atoms with Crippen molar-refractivity contribution in [2.24, 2.45) is 29.6 Å². The van der Waals surface area contributed by atoms with Gasteiger partial charge in [0, 0.05) is 16.0 Å². The number of fused-ring (bicyclic) bond motifs is 4. The second-order valence-corrected chi connectivity index (χ2v) is 14.7. The van der Waals surface area contributed by atoms with Crippen LogP contribution in [0.25, 0.3) is 6.08 Å². The van der Waals surface area contributed by atoms with Gasteiger partial charge in [0.05, 0.1) is 41.7 Å². The van der Waals surface area contributed by atoms with Crippen LogP contribution in [0.2, 0.25) is 10.0 Å². The number of imide groups is 2. The van der Waals surface area contributed by atoms with Crippen molar-refractivity contribution in [3.63, 3.8) is 0 Å². The zero-order valence-electron chi connectivity index (χ0n) is 28.3. The molecule has 2 heterocycles. The lowest BCUT2D eigenvalue weighted by atomic mass is 9.50. The number of nitrogens with zero attached hydrogens (tertiary/aromatic N) is 2. The number of amides is 4. The second-order valence-electron chi connectivity index (χ2n) is 13.9. The van der Waals surface area contributed by atoms with Crippen molar-refractivity contribution in [1.82, 2.24) is 0 Å². The standard InChI is InChI=1S/C42H34Cl2N2O6/c1-23-11-14-28(21-34(23)44)45-38(48)30-16-15-29-31(37(30)40(45)50)22-33-39(49)46(27-10-6-9-26(43)20-27)41(51)42(33,25-7-4-3-5-8-25)32(29)17-12-24-13-18-35(47)36(19-24)52-2/h3-15,17-21,30-33,37,47H,16,22H2,1-2H3/t30-,31+,32-,33-,37-,42-/m0/s1. The SMILES string of the molecule is COc1cc(C=C[C@H]2C3=CC[C@@H]4C(=O)N(c5ccc(C)c(Cl)c5)C(=O)[C@@H]4[C@@H]3C[C@H]3C(=O)N(c4cccc(Cl)c4)C(=O)[C@@]23c2ccccc2)ccc1O. The zero-order valence-corrected chi connectivity index (χ0v) is 29.8. The number of hydrogen-bond acceptors (Lipinski definition) is 6. The Labute approximate surface area is 310 Å². The summed E-state index contributed by atoms with van der Waals surface area (Å²) in [4.78, 5) is 61.1.